The number of alkyl halides is 1. The van der Waals surface area contributed by atoms with Gasteiger partial charge in [-0.25, -0.2) is 0 Å². The van der Waals surface area contributed by atoms with E-state index >= 15 is 0 Å². The third-order valence-electron chi connectivity index (χ3n) is 2.49. The van der Waals surface area contributed by atoms with Crippen molar-refractivity contribution >= 4 is 11.6 Å². The summed E-state index contributed by atoms with van der Waals surface area (Å²) < 4.78 is 7.28. The van der Waals surface area contributed by atoms with Crippen LogP contribution in [0.2, 0.25) is 0 Å². The number of aromatic nitrogens is 2. The second-order valence-electron chi connectivity index (χ2n) is 3.62. The standard InChI is InChI=1S/C11H19ClN2O/c1-5-15-7-6-14-10(4)11(8(2)12)9(3)13-14/h8H,5-7H2,1-4H3. The van der Waals surface area contributed by atoms with Gasteiger partial charge < -0.3 is 4.74 Å². The molecule has 0 amide bonds. The van der Waals surface area contributed by atoms with Crippen molar-refractivity contribution in [2.75, 3.05) is 13.2 Å². The summed E-state index contributed by atoms with van der Waals surface area (Å²) in [6.07, 6.45) is 0. The van der Waals surface area contributed by atoms with Crippen LogP contribution < -0.4 is 0 Å². The fourth-order valence-corrected chi connectivity index (χ4v) is 2.12. The summed E-state index contributed by atoms with van der Waals surface area (Å²) in [4.78, 5) is 0. The lowest BCUT2D eigenvalue weighted by Gasteiger charge is -2.06. The quantitative estimate of drug-likeness (QED) is 0.575. The van der Waals surface area contributed by atoms with Crippen molar-refractivity contribution < 1.29 is 4.74 Å². The highest BCUT2D eigenvalue weighted by Gasteiger charge is 2.15. The van der Waals surface area contributed by atoms with Gasteiger partial charge in [0, 0.05) is 17.9 Å². The molecule has 0 saturated heterocycles. The van der Waals surface area contributed by atoms with E-state index < -0.39 is 0 Å². The summed E-state index contributed by atoms with van der Waals surface area (Å²) >= 11 is 6.10. The maximum atomic E-state index is 6.10. The molecule has 86 valence electrons. The molecule has 1 rings (SSSR count). The zero-order valence-electron chi connectivity index (χ0n) is 9.88. The second kappa shape index (κ2) is 5.52. The monoisotopic (exact) mass is 230 g/mol. The van der Waals surface area contributed by atoms with Gasteiger partial charge in [-0.05, 0) is 27.7 Å². The Balaban J connectivity index is 2.77. The van der Waals surface area contributed by atoms with Gasteiger partial charge in [-0.15, -0.1) is 11.6 Å². The van der Waals surface area contributed by atoms with Gasteiger partial charge in [0.15, 0.2) is 0 Å². The number of rotatable bonds is 5. The lowest BCUT2D eigenvalue weighted by molar-refractivity contribution is 0.135. The second-order valence-corrected chi connectivity index (χ2v) is 4.28. The number of nitrogens with zero attached hydrogens (tertiary/aromatic N) is 2. The largest absolute Gasteiger partial charge is 0.380 e. The Morgan fingerprint density at radius 3 is 2.60 bits per heavy atom. The zero-order valence-corrected chi connectivity index (χ0v) is 10.6. The van der Waals surface area contributed by atoms with Crippen molar-refractivity contribution in [1.29, 1.82) is 0 Å². The molecule has 4 heteroatoms. The first-order chi connectivity index (χ1) is 7.07. The SMILES string of the molecule is CCOCCn1nc(C)c(C(C)Cl)c1C. The molecule has 1 aromatic rings. The van der Waals surface area contributed by atoms with Gasteiger partial charge in [-0.2, -0.15) is 5.10 Å². The Hall–Kier alpha value is -0.540. The first-order valence-electron chi connectivity index (χ1n) is 5.33. The van der Waals surface area contributed by atoms with E-state index in [1.807, 2.05) is 25.5 Å². The van der Waals surface area contributed by atoms with Crippen LogP contribution in [0.5, 0.6) is 0 Å². The first-order valence-corrected chi connectivity index (χ1v) is 5.77. The molecule has 0 aliphatic carbocycles. The molecular formula is C11H19ClN2O. The minimum Gasteiger partial charge on any atom is -0.380 e. The van der Waals surface area contributed by atoms with Gasteiger partial charge in [0.2, 0.25) is 0 Å². The number of halogens is 1. The lowest BCUT2D eigenvalue weighted by atomic mass is 10.1. The van der Waals surface area contributed by atoms with Crippen molar-refractivity contribution in [1.82, 2.24) is 9.78 Å². The van der Waals surface area contributed by atoms with Crippen LogP contribution in [0.3, 0.4) is 0 Å². The molecule has 0 saturated carbocycles. The molecule has 1 aromatic heterocycles. The van der Waals surface area contributed by atoms with Crippen molar-refractivity contribution in [3.63, 3.8) is 0 Å². The highest BCUT2D eigenvalue weighted by Crippen LogP contribution is 2.25. The molecule has 1 atom stereocenters. The Morgan fingerprint density at radius 1 is 1.47 bits per heavy atom. The topological polar surface area (TPSA) is 27.1 Å². The minimum atomic E-state index is 0.0193. The number of aryl methyl sites for hydroxylation is 1. The van der Waals surface area contributed by atoms with E-state index in [4.69, 9.17) is 16.3 Å². The molecule has 0 aliphatic heterocycles. The Labute approximate surface area is 96.4 Å². The van der Waals surface area contributed by atoms with Crippen LogP contribution in [0.4, 0.5) is 0 Å². The van der Waals surface area contributed by atoms with E-state index in [-0.39, 0.29) is 5.38 Å². The van der Waals surface area contributed by atoms with Crippen LogP contribution in [-0.2, 0) is 11.3 Å². The molecule has 0 aromatic carbocycles. The van der Waals surface area contributed by atoms with Crippen LogP contribution in [-0.4, -0.2) is 23.0 Å². The molecule has 0 bridgehead atoms. The average Bonchev–Trinajstić information content (AvgIpc) is 2.42. The predicted octanol–water partition coefficient (Wildman–Crippen LogP) is 2.84. The molecular weight excluding hydrogens is 212 g/mol. The summed E-state index contributed by atoms with van der Waals surface area (Å²) in [5.74, 6) is 0. The minimum absolute atomic E-state index is 0.0193. The van der Waals surface area contributed by atoms with Gasteiger partial charge in [0.25, 0.3) is 0 Å². The van der Waals surface area contributed by atoms with Crippen LogP contribution >= 0.6 is 11.6 Å². The molecule has 1 heterocycles. The normalized spacial score (nSPS) is 13.1. The van der Waals surface area contributed by atoms with Crippen LogP contribution in [0.25, 0.3) is 0 Å². The van der Waals surface area contributed by atoms with Gasteiger partial charge in [-0.3, -0.25) is 4.68 Å². The third kappa shape index (κ3) is 2.95. The number of hydrogen-bond donors (Lipinski definition) is 0. The summed E-state index contributed by atoms with van der Waals surface area (Å²) in [7, 11) is 0. The lowest BCUT2D eigenvalue weighted by Crippen LogP contribution is -2.09. The van der Waals surface area contributed by atoms with Gasteiger partial charge in [0.05, 0.1) is 24.2 Å². The number of hydrogen-bond acceptors (Lipinski definition) is 2. The van der Waals surface area contributed by atoms with Gasteiger partial charge in [-0.1, -0.05) is 0 Å². The zero-order chi connectivity index (χ0) is 11.4. The van der Waals surface area contributed by atoms with E-state index in [2.05, 4.69) is 12.0 Å². The molecule has 0 fully saturated rings. The van der Waals surface area contributed by atoms with Crippen LogP contribution in [0, 0.1) is 13.8 Å². The molecule has 0 radical (unpaired) electrons. The summed E-state index contributed by atoms with van der Waals surface area (Å²) in [6.45, 7) is 10.3. The molecule has 0 aliphatic rings. The van der Waals surface area contributed by atoms with Crippen molar-refractivity contribution in [2.45, 2.75) is 39.6 Å². The van der Waals surface area contributed by atoms with E-state index in [0.29, 0.717) is 6.61 Å². The average molecular weight is 231 g/mol. The Bertz CT molecular complexity index is 321. The number of ether oxygens (including phenoxy) is 1. The highest BCUT2D eigenvalue weighted by atomic mass is 35.5. The first kappa shape index (κ1) is 12.5. The van der Waals surface area contributed by atoms with E-state index in [0.717, 1.165) is 30.1 Å². The van der Waals surface area contributed by atoms with Crippen molar-refractivity contribution in [3.8, 4) is 0 Å². The fourth-order valence-electron chi connectivity index (χ4n) is 1.80. The van der Waals surface area contributed by atoms with Crippen molar-refractivity contribution in [2.24, 2.45) is 0 Å². The fraction of sp³-hybridized carbons (Fsp3) is 0.727. The molecule has 15 heavy (non-hydrogen) atoms. The van der Waals surface area contributed by atoms with Crippen LogP contribution in [0.1, 0.15) is 36.2 Å². The van der Waals surface area contributed by atoms with Gasteiger partial charge >= 0.3 is 0 Å². The molecule has 3 nitrogen and oxygen atoms in total. The molecule has 1 unspecified atom stereocenters. The third-order valence-corrected chi connectivity index (χ3v) is 2.71. The van der Waals surface area contributed by atoms with Crippen LogP contribution in [0.15, 0.2) is 0 Å². The molecule has 0 spiro atoms. The summed E-state index contributed by atoms with van der Waals surface area (Å²) in [6, 6.07) is 0. The van der Waals surface area contributed by atoms with E-state index in [9.17, 15) is 0 Å². The molecule has 0 N–H and O–H groups in total. The van der Waals surface area contributed by atoms with Gasteiger partial charge in [0.1, 0.15) is 0 Å². The summed E-state index contributed by atoms with van der Waals surface area (Å²) in [5.41, 5.74) is 3.31. The predicted molar refractivity (Wildman–Crippen MR) is 62.5 cm³/mol. The summed E-state index contributed by atoms with van der Waals surface area (Å²) in [5, 5.41) is 4.47. The van der Waals surface area contributed by atoms with Crippen molar-refractivity contribution in [3.05, 3.63) is 17.0 Å². The Morgan fingerprint density at radius 2 is 2.13 bits per heavy atom. The maximum Gasteiger partial charge on any atom is 0.0662 e. The van der Waals surface area contributed by atoms with E-state index in [1.54, 1.807) is 0 Å². The van der Waals surface area contributed by atoms with E-state index in [1.165, 1.54) is 0 Å². The Kier molecular flexibility index (Phi) is 4.61. The smallest absolute Gasteiger partial charge is 0.0662 e. The maximum absolute atomic E-state index is 6.10. The highest BCUT2D eigenvalue weighted by molar-refractivity contribution is 6.20.